The number of rotatable bonds is 6. The highest BCUT2D eigenvalue weighted by atomic mass is 16.5. The maximum absolute atomic E-state index is 9.23. The van der Waals surface area contributed by atoms with Gasteiger partial charge in [0.2, 0.25) is 0 Å². The average molecular weight is 326 g/mol. The molecule has 0 aliphatic rings. The zero-order chi connectivity index (χ0) is 17.6. The van der Waals surface area contributed by atoms with Crippen LogP contribution < -0.4 is 10.5 Å². The molecule has 1 atom stereocenters. The molecule has 24 heavy (non-hydrogen) atoms. The fourth-order valence-electron chi connectivity index (χ4n) is 2.37. The highest BCUT2D eigenvalue weighted by Gasteiger charge is 2.17. The third-order valence-electron chi connectivity index (χ3n) is 4.06. The van der Waals surface area contributed by atoms with Gasteiger partial charge in [0.25, 0.3) is 0 Å². The Morgan fingerprint density at radius 3 is 2.79 bits per heavy atom. The molecular formula is C20H26N2O2. The summed E-state index contributed by atoms with van der Waals surface area (Å²) in [6, 6.07) is 12.0. The van der Waals surface area contributed by atoms with E-state index in [9.17, 15) is 5.11 Å². The van der Waals surface area contributed by atoms with Crippen LogP contribution in [0.5, 0.6) is 5.75 Å². The van der Waals surface area contributed by atoms with E-state index in [0.29, 0.717) is 6.61 Å². The van der Waals surface area contributed by atoms with Gasteiger partial charge in [-0.3, -0.25) is 0 Å². The lowest BCUT2D eigenvalue weighted by atomic mass is 9.97. The van der Waals surface area contributed by atoms with Crippen LogP contribution in [0.2, 0.25) is 0 Å². The molecule has 0 spiro atoms. The highest BCUT2D eigenvalue weighted by molar-refractivity contribution is 5.33. The molecule has 0 aliphatic heterocycles. The first-order valence-corrected chi connectivity index (χ1v) is 8.14. The van der Waals surface area contributed by atoms with Crippen molar-refractivity contribution in [2.75, 3.05) is 13.2 Å². The first-order valence-electron chi connectivity index (χ1n) is 8.14. The van der Waals surface area contributed by atoms with Crippen LogP contribution in [0, 0.1) is 18.8 Å². The van der Waals surface area contributed by atoms with Gasteiger partial charge >= 0.3 is 0 Å². The van der Waals surface area contributed by atoms with Crippen LogP contribution in [0.15, 0.2) is 36.4 Å². The summed E-state index contributed by atoms with van der Waals surface area (Å²) in [5, 5.41) is 9.23. The van der Waals surface area contributed by atoms with E-state index in [-0.39, 0.29) is 6.61 Å². The van der Waals surface area contributed by atoms with E-state index in [4.69, 9.17) is 10.5 Å². The molecule has 0 saturated heterocycles. The van der Waals surface area contributed by atoms with E-state index in [2.05, 4.69) is 22.5 Å². The number of nitrogens with two attached hydrogens (primary N) is 1. The monoisotopic (exact) mass is 326 g/mol. The second kappa shape index (κ2) is 8.05. The minimum Gasteiger partial charge on any atom is -0.481 e. The van der Waals surface area contributed by atoms with Gasteiger partial charge in [0.05, 0.1) is 12.3 Å². The predicted octanol–water partition coefficient (Wildman–Crippen LogP) is 2.41. The van der Waals surface area contributed by atoms with Crippen LogP contribution in [0.3, 0.4) is 0 Å². The Morgan fingerprint density at radius 2 is 2.08 bits per heavy atom. The molecule has 4 heteroatoms. The second-order valence-corrected chi connectivity index (χ2v) is 6.49. The number of aryl methyl sites for hydroxylation is 2. The largest absolute Gasteiger partial charge is 0.481 e. The molecule has 0 saturated carbocycles. The molecular weight excluding hydrogens is 300 g/mol. The van der Waals surface area contributed by atoms with Gasteiger partial charge in [0, 0.05) is 18.3 Å². The van der Waals surface area contributed by atoms with Crippen LogP contribution in [0.25, 0.3) is 0 Å². The molecule has 2 rings (SSSR count). The lowest BCUT2D eigenvalue weighted by Gasteiger charge is -2.21. The average Bonchev–Trinajstić information content (AvgIpc) is 2.90. The van der Waals surface area contributed by atoms with Crippen molar-refractivity contribution in [2.24, 2.45) is 12.8 Å². The zero-order valence-corrected chi connectivity index (χ0v) is 14.7. The van der Waals surface area contributed by atoms with Crippen molar-refractivity contribution in [1.29, 1.82) is 0 Å². The van der Waals surface area contributed by atoms with Gasteiger partial charge in [-0.1, -0.05) is 18.1 Å². The van der Waals surface area contributed by atoms with Crippen molar-refractivity contribution in [2.45, 2.75) is 32.2 Å². The molecule has 0 fully saturated rings. The Bertz CT molecular complexity index is 736. The summed E-state index contributed by atoms with van der Waals surface area (Å²) < 4.78 is 7.70. The summed E-state index contributed by atoms with van der Waals surface area (Å²) in [5.74, 6) is 7.02. The van der Waals surface area contributed by atoms with Crippen LogP contribution >= 0.6 is 0 Å². The lowest BCUT2D eigenvalue weighted by Crippen LogP contribution is -2.40. The van der Waals surface area contributed by atoms with Crippen molar-refractivity contribution in [1.82, 2.24) is 4.57 Å². The summed E-state index contributed by atoms with van der Waals surface area (Å²) in [5.41, 5.74) is 8.71. The molecule has 2 aromatic rings. The zero-order valence-electron chi connectivity index (χ0n) is 14.7. The Labute approximate surface area is 144 Å². The number of aliphatic hydroxyl groups excluding tert-OH is 1. The van der Waals surface area contributed by atoms with Crippen molar-refractivity contribution < 1.29 is 9.84 Å². The fraction of sp³-hybridized carbons (Fsp3) is 0.400. The van der Waals surface area contributed by atoms with Crippen molar-refractivity contribution in [3.63, 3.8) is 0 Å². The Morgan fingerprint density at radius 1 is 1.29 bits per heavy atom. The molecule has 4 nitrogen and oxygen atoms in total. The Balaban J connectivity index is 1.92. The predicted molar refractivity (Wildman–Crippen MR) is 97.0 cm³/mol. The number of aromatic nitrogens is 1. The lowest BCUT2D eigenvalue weighted by molar-refractivity contribution is 0.200. The molecule has 128 valence electrons. The first-order chi connectivity index (χ1) is 11.4. The fourth-order valence-corrected chi connectivity index (χ4v) is 2.37. The normalized spacial score (nSPS) is 13.0. The van der Waals surface area contributed by atoms with Gasteiger partial charge in [-0.2, -0.15) is 0 Å². The summed E-state index contributed by atoms with van der Waals surface area (Å²) in [4.78, 5) is 0. The Hall–Kier alpha value is -2.22. The number of benzene rings is 1. The van der Waals surface area contributed by atoms with Crippen LogP contribution in [-0.4, -0.2) is 28.4 Å². The Kier molecular flexibility index (Phi) is 6.08. The molecule has 1 aromatic heterocycles. The summed E-state index contributed by atoms with van der Waals surface area (Å²) in [6.07, 6.45) is 1.54. The molecule has 1 heterocycles. The number of ether oxygens (including phenoxy) is 1. The molecule has 3 N–H and O–H groups in total. The maximum atomic E-state index is 9.23. The first kappa shape index (κ1) is 18.1. The summed E-state index contributed by atoms with van der Waals surface area (Å²) >= 11 is 0. The number of hydrogen-bond donors (Lipinski definition) is 2. The van der Waals surface area contributed by atoms with Crippen molar-refractivity contribution >= 4 is 0 Å². The summed E-state index contributed by atoms with van der Waals surface area (Å²) in [6.45, 7) is 4.24. The second-order valence-electron chi connectivity index (χ2n) is 6.49. The highest BCUT2D eigenvalue weighted by Crippen LogP contribution is 2.14. The van der Waals surface area contributed by atoms with Gasteiger partial charge in [0.15, 0.2) is 0 Å². The molecule has 0 amide bonds. The van der Waals surface area contributed by atoms with E-state index in [1.807, 2.05) is 51.2 Å². The molecule has 0 radical (unpaired) electrons. The third-order valence-corrected chi connectivity index (χ3v) is 4.06. The maximum Gasteiger partial charge on any atom is 0.149 e. The smallest absolute Gasteiger partial charge is 0.149 e. The van der Waals surface area contributed by atoms with Crippen LogP contribution in [0.1, 0.15) is 30.3 Å². The van der Waals surface area contributed by atoms with Gasteiger partial charge in [-0.05, 0) is 62.4 Å². The van der Waals surface area contributed by atoms with Crippen molar-refractivity contribution in [3.8, 4) is 17.6 Å². The van der Waals surface area contributed by atoms with E-state index in [0.717, 1.165) is 30.0 Å². The van der Waals surface area contributed by atoms with E-state index >= 15 is 0 Å². The SMILES string of the molecule is Cc1cccc(OCC#Cc2ccc(CCC(C)(N)CO)n2C)c1. The molecule has 1 aromatic carbocycles. The van der Waals surface area contributed by atoms with Gasteiger partial charge in [-0.25, -0.2) is 0 Å². The summed E-state index contributed by atoms with van der Waals surface area (Å²) in [7, 11) is 1.99. The number of nitrogens with zero attached hydrogens (tertiary/aromatic N) is 1. The van der Waals surface area contributed by atoms with Gasteiger partial charge < -0.3 is 20.1 Å². The third kappa shape index (κ3) is 5.16. The van der Waals surface area contributed by atoms with E-state index < -0.39 is 5.54 Å². The minimum absolute atomic E-state index is 0.0135. The van der Waals surface area contributed by atoms with E-state index in [1.54, 1.807) is 0 Å². The van der Waals surface area contributed by atoms with Crippen LogP contribution in [0.4, 0.5) is 0 Å². The molecule has 1 unspecified atom stereocenters. The van der Waals surface area contributed by atoms with Gasteiger partial charge in [-0.15, -0.1) is 0 Å². The topological polar surface area (TPSA) is 60.4 Å². The number of hydrogen-bond acceptors (Lipinski definition) is 3. The molecule has 0 aliphatic carbocycles. The van der Waals surface area contributed by atoms with Crippen molar-refractivity contribution in [3.05, 3.63) is 53.3 Å². The van der Waals surface area contributed by atoms with Gasteiger partial charge in [0.1, 0.15) is 12.4 Å². The van der Waals surface area contributed by atoms with Crippen LogP contribution in [-0.2, 0) is 13.5 Å². The quantitative estimate of drug-likeness (QED) is 0.802. The van der Waals surface area contributed by atoms with E-state index in [1.165, 1.54) is 5.56 Å². The standard InChI is InChI=1S/C20H26N2O2/c1-16-6-4-8-19(14-16)24-13-5-7-17-9-10-18(22(17)3)11-12-20(2,21)15-23/h4,6,8-10,14,23H,11-13,15,21H2,1-3H3. The molecule has 0 bridgehead atoms. The number of aliphatic hydroxyl groups is 1. The minimum atomic E-state index is -0.544.